The van der Waals surface area contributed by atoms with Crippen LogP contribution in [0.2, 0.25) is 0 Å². The van der Waals surface area contributed by atoms with Crippen LogP contribution in [-0.4, -0.2) is 56.8 Å². The lowest BCUT2D eigenvalue weighted by molar-refractivity contribution is -0.132. The highest BCUT2D eigenvalue weighted by Gasteiger charge is 2.26. The SMILES string of the molecule is CN=C(NCCCN1CC(C)CC(C)C1)NCCC(F)(F)F. The van der Waals surface area contributed by atoms with Gasteiger partial charge < -0.3 is 15.5 Å². The van der Waals surface area contributed by atoms with Crippen molar-refractivity contribution in [2.24, 2.45) is 16.8 Å². The van der Waals surface area contributed by atoms with Crippen LogP contribution in [0.1, 0.15) is 33.1 Å². The number of nitrogens with zero attached hydrogens (tertiary/aromatic N) is 2. The van der Waals surface area contributed by atoms with Crippen molar-refractivity contribution in [3.63, 3.8) is 0 Å². The van der Waals surface area contributed by atoms with E-state index in [9.17, 15) is 13.2 Å². The first-order valence-corrected chi connectivity index (χ1v) is 8.03. The van der Waals surface area contributed by atoms with Gasteiger partial charge in [-0.3, -0.25) is 4.99 Å². The molecule has 1 saturated heterocycles. The Morgan fingerprint density at radius 2 is 1.73 bits per heavy atom. The number of hydrogen-bond donors (Lipinski definition) is 2. The minimum absolute atomic E-state index is 0.148. The first kappa shape index (κ1) is 19.1. The topological polar surface area (TPSA) is 39.7 Å². The first-order valence-electron chi connectivity index (χ1n) is 8.03. The largest absolute Gasteiger partial charge is 0.390 e. The van der Waals surface area contributed by atoms with Gasteiger partial charge in [0.25, 0.3) is 0 Å². The predicted molar refractivity (Wildman–Crippen MR) is 84.0 cm³/mol. The molecule has 2 N–H and O–H groups in total. The lowest BCUT2D eigenvalue weighted by atomic mass is 9.92. The Bertz CT molecular complexity index is 334. The minimum Gasteiger partial charge on any atom is -0.356 e. The molecule has 1 aliphatic rings. The number of alkyl halides is 3. The molecule has 0 aliphatic carbocycles. The standard InChI is InChI=1S/C15H29F3N4/c1-12-9-13(2)11-22(10-12)8-4-6-20-14(19-3)21-7-5-15(16,17)18/h12-13H,4-11H2,1-3H3,(H2,19,20,21). The molecule has 1 aliphatic heterocycles. The Hall–Kier alpha value is -0.980. The molecule has 0 aromatic carbocycles. The van der Waals surface area contributed by atoms with E-state index < -0.39 is 12.6 Å². The molecular weight excluding hydrogens is 293 g/mol. The monoisotopic (exact) mass is 322 g/mol. The Balaban J connectivity index is 2.14. The number of halogens is 3. The van der Waals surface area contributed by atoms with Gasteiger partial charge in [-0.05, 0) is 31.2 Å². The van der Waals surface area contributed by atoms with Gasteiger partial charge in [0, 0.05) is 33.2 Å². The van der Waals surface area contributed by atoms with E-state index in [2.05, 4.69) is 34.4 Å². The molecule has 0 amide bonds. The van der Waals surface area contributed by atoms with Gasteiger partial charge >= 0.3 is 6.18 Å². The summed E-state index contributed by atoms with van der Waals surface area (Å²) in [5.41, 5.74) is 0. The normalized spacial score (nSPS) is 24.4. The third-order valence-electron chi connectivity index (χ3n) is 3.81. The van der Waals surface area contributed by atoms with Gasteiger partial charge in [-0.25, -0.2) is 0 Å². The second-order valence-corrected chi connectivity index (χ2v) is 6.35. The van der Waals surface area contributed by atoms with Crippen LogP contribution < -0.4 is 10.6 Å². The zero-order valence-electron chi connectivity index (χ0n) is 13.8. The van der Waals surface area contributed by atoms with Crippen LogP contribution in [0.15, 0.2) is 4.99 Å². The van der Waals surface area contributed by atoms with Gasteiger partial charge in [0.15, 0.2) is 5.96 Å². The molecule has 7 heteroatoms. The van der Waals surface area contributed by atoms with Gasteiger partial charge in [0.2, 0.25) is 0 Å². The summed E-state index contributed by atoms with van der Waals surface area (Å²) in [7, 11) is 1.57. The number of rotatable bonds is 6. The highest BCUT2D eigenvalue weighted by molar-refractivity contribution is 5.79. The van der Waals surface area contributed by atoms with Crippen molar-refractivity contribution in [1.82, 2.24) is 15.5 Å². The fourth-order valence-corrected chi connectivity index (χ4v) is 3.03. The summed E-state index contributed by atoms with van der Waals surface area (Å²) in [6.45, 7) is 8.43. The average Bonchev–Trinajstić information content (AvgIpc) is 2.39. The van der Waals surface area contributed by atoms with Crippen molar-refractivity contribution in [1.29, 1.82) is 0 Å². The Kier molecular flexibility index (Phi) is 8.00. The van der Waals surface area contributed by atoms with Crippen molar-refractivity contribution in [2.75, 3.05) is 39.8 Å². The van der Waals surface area contributed by atoms with Crippen molar-refractivity contribution < 1.29 is 13.2 Å². The lowest BCUT2D eigenvalue weighted by Crippen LogP contribution is -2.42. The summed E-state index contributed by atoms with van der Waals surface area (Å²) in [6.07, 6.45) is -2.73. The van der Waals surface area contributed by atoms with E-state index >= 15 is 0 Å². The highest BCUT2D eigenvalue weighted by atomic mass is 19.4. The molecule has 4 nitrogen and oxygen atoms in total. The van der Waals surface area contributed by atoms with Crippen LogP contribution >= 0.6 is 0 Å². The zero-order chi connectivity index (χ0) is 16.6. The smallest absolute Gasteiger partial charge is 0.356 e. The Morgan fingerprint density at radius 1 is 1.14 bits per heavy atom. The molecule has 1 rings (SSSR count). The van der Waals surface area contributed by atoms with E-state index in [0.717, 1.165) is 37.9 Å². The van der Waals surface area contributed by atoms with Crippen LogP contribution in [0.5, 0.6) is 0 Å². The van der Waals surface area contributed by atoms with Crippen molar-refractivity contribution in [3.05, 3.63) is 0 Å². The Labute approximate surface area is 131 Å². The molecule has 0 aromatic rings. The molecule has 2 unspecified atom stereocenters. The van der Waals surface area contributed by atoms with Crippen molar-refractivity contribution in [3.8, 4) is 0 Å². The van der Waals surface area contributed by atoms with Gasteiger partial charge in [-0.15, -0.1) is 0 Å². The fourth-order valence-electron chi connectivity index (χ4n) is 3.03. The number of guanidine groups is 1. The average molecular weight is 322 g/mol. The van der Waals surface area contributed by atoms with Crippen LogP contribution in [0.3, 0.4) is 0 Å². The highest BCUT2D eigenvalue weighted by Crippen LogP contribution is 2.20. The van der Waals surface area contributed by atoms with E-state index in [4.69, 9.17) is 0 Å². The number of nitrogens with one attached hydrogen (secondary N) is 2. The van der Waals surface area contributed by atoms with E-state index in [1.165, 1.54) is 6.42 Å². The van der Waals surface area contributed by atoms with E-state index in [0.29, 0.717) is 12.5 Å². The van der Waals surface area contributed by atoms with Gasteiger partial charge in [0.1, 0.15) is 0 Å². The van der Waals surface area contributed by atoms with Gasteiger partial charge in [-0.1, -0.05) is 13.8 Å². The van der Waals surface area contributed by atoms with Crippen LogP contribution in [0.4, 0.5) is 13.2 Å². The second kappa shape index (κ2) is 9.22. The van der Waals surface area contributed by atoms with Crippen molar-refractivity contribution >= 4 is 5.96 Å². The molecule has 22 heavy (non-hydrogen) atoms. The Morgan fingerprint density at radius 3 is 2.27 bits per heavy atom. The maximum absolute atomic E-state index is 12.1. The van der Waals surface area contributed by atoms with E-state index in [1.54, 1.807) is 7.05 Å². The first-order chi connectivity index (χ1) is 10.3. The summed E-state index contributed by atoms with van der Waals surface area (Å²) in [5, 5.41) is 5.75. The number of piperidine rings is 1. The number of hydrogen-bond acceptors (Lipinski definition) is 2. The molecule has 2 atom stereocenters. The predicted octanol–water partition coefficient (Wildman–Crippen LogP) is 2.47. The maximum atomic E-state index is 12.1. The number of aliphatic imine (C=N–C) groups is 1. The zero-order valence-corrected chi connectivity index (χ0v) is 13.8. The van der Waals surface area contributed by atoms with Crippen molar-refractivity contribution in [2.45, 2.75) is 39.3 Å². The summed E-state index contributed by atoms with van der Waals surface area (Å²) < 4.78 is 36.2. The third-order valence-corrected chi connectivity index (χ3v) is 3.81. The molecule has 0 radical (unpaired) electrons. The summed E-state index contributed by atoms with van der Waals surface area (Å²) in [4.78, 5) is 6.40. The molecule has 1 heterocycles. The maximum Gasteiger partial charge on any atom is 0.390 e. The molecule has 0 saturated carbocycles. The summed E-state index contributed by atoms with van der Waals surface area (Å²) >= 11 is 0. The van der Waals surface area contributed by atoms with E-state index in [-0.39, 0.29) is 6.54 Å². The van der Waals surface area contributed by atoms with Crippen LogP contribution in [0.25, 0.3) is 0 Å². The van der Waals surface area contributed by atoms with E-state index in [1.807, 2.05) is 0 Å². The van der Waals surface area contributed by atoms with Crippen LogP contribution in [-0.2, 0) is 0 Å². The quantitative estimate of drug-likeness (QED) is 0.448. The van der Waals surface area contributed by atoms with Gasteiger partial charge in [0.05, 0.1) is 6.42 Å². The number of likely N-dealkylation sites (tertiary alicyclic amines) is 1. The lowest BCUT2D eigenvalue weighted by Gasteiger charge is -2.35. The molecule has 130 valence electrons. The molecule has 1 fully saturated rings. The fraction of sp³-hybridized carbons (Fsp3) is 0.933. The minimum atomic E-state index is -4.13. The molecule has 0 spiro atoms. The molecular formula is C15H29F3N4. The third kappa shape index (κ3) is 8.46. The molecule has 0 aromatic heterocycles. The molecule has 0 bridgehead atoms. The van der Waals surface area contributed by atoms with Crippen LogP contribution in [0, 0.1) is 11.8 Å². The van der Waals surface area contributed by atoms with Gasteiger partial charge in [-0.2, -0.15) is 13.2 Å². The summed E-state index contributed by atoms with van der Waals surface area (Å²) in [6, 6.07) is 0. The summed E-state index contributed by atoms with van der Waals surface area (Å²) in [5.74, 6) is 1.92. The second-order valence-electron chi connectivity index (χ2n) is 6.35.